The van der Waals surface area contributed by atoms with Gasteiger partial charge in [-0.15, -0.1) is 26.3 Å². The van der Waals surface area contributed by atoms with Crippen LogP contribution in [0.4, 0.5) is 39.9 Å². The lowest BCUT2D eigenvalue weighted by atomic mass is 9.87. The van der Waals surface area contributed by atoms with Crippen molar-refractivity contribution in [1.82, 2.24) is 19.6 Å². The molecule has 3 aromatic carbocycles. The molecule has 0 aliphatic carbocycles. The van der Waals surface area contributed by atoms with Crippen LogP contribution < -0.4 is 9.47 Å². The van der Waals surface area contributed by atoms with Gasteiger partial charge in [0.2, 0.25) is 0 Å². The van der Waals surface area contributed by atoms with Crippen molar-refractivity contribution in [2.45, 2.75) is 234 Å². The Morgan fingerprint density at radius 2 is 0.776 bits per heavy atom. The van der Waals surface area contributed by atoms with E-state index >= 15 is 8.78 Å². The van der Waals surface area contributed by atoms with Crippen molar-refractivity contribution < 1.29 is 116 Å². The van der Waals surface area contributed by atoms with Crippen molar-refractivity contribution in [3.63, 3.8) is 0 Å². The van der Waals surface area contributed by atoms with Gasteiger partial charge in [0.25, 0.3) is 17.7 Å². The molecule has 98 heavy (non-hydrogen) atoms. The van der Waals surface area contributed by atoms with Crippen LogP contribution in [0.3, 0.4) is 0 Å². The van der Waals surface area contributed by atoms with Crippen molar-refractivity contribution >= 4 is 53.7 Å². The Balaban J connectivity index is 2.09. The molecular weight excluding hydrogens is 1310 g/mol. The number of carbonyl (C=O) groups excluding carboxylic acids is 9. The number of rotatable bonds is 31. The number of esters is 5. The quantitative estimate of drug-likeness (QED) is 0.0330. The van der Waals surface area contributed by atoms with E-state index in [1.165, 1.54) is 26.1 Å². The maximum atomic E-state index is 16.0. The SMILES string of the molecule is C[C@@H](OC(=O)[C@H](CC(C)(C)C)N(C)C(=O)[C@@H](Cc1ccc(OC(F)(F)F)cc1)OC(=O)[C@H](CC(C)(C)F)N(C)C(=O)[C@@H](C)OC(=O)[C@H](CC(C)(C)C)N(C)C(=O)[C@@H](CCc1ccc(OC(F)(F)F)cc1)OC(=O)[C@H](CC(C)(C)F)N(C)C(=O)OC(C)(C)C)C(=O)OCc1ccccc1. The molecule has 0 saturated heterocycles. The first-order valence-electron chi connectivity index (χ1n) is 31.5. The number of hydrogen-bond donors (Lipinski definition) is 0. The fraction of sp³-hybridized carbons (Fsp3) is 0.609. The van der Waals surface area contributed by atoms with Crippen LogP contribution in [-0.2, 0) is 86.2 Å². The zero-order valence-corrected chi connectivity index (χ0v) is 59.0. The molecule has 8 atom stereocenters. The fourth-order valence-electron chi connectivity index (χ4n) is 9.75. The Morgan fingerprint density at radius 1 is 0.408 bits per heavy atom. The number of benzene rings is 3. The van der Waals surface area contributed by atoms with Gasteiger partial charge in [-0.3, -0.25) is 19.3 Å². The van der Waals surface area contributed by atoms with Crippen LogP contribution in [0, 0.1) is 10.8 Å². The predicted molar refractivity (Wildman–Crippen MR) is 341 cm³/mol. The number of likely N-dealkylation sites (N-methyl/N-ethyl adjacent to an activating group) is 4. The lowest BCUT2D eigenvalue weighted by molar-refractivity contribution is -0.275. The topological polar surface area (TPSA) is 240 Å². The molecule has 0 unspecified atom stereocenters. The van der Waals surface area contributed by atoms with E-state index in [-0.39, 0.29) is 31.4 Å². The summed E-state index contributed by atoms with van der Waals surface area (Å²) in [5.41, 5.74) is -6.15. The second kappa shape index (κ2) is 34.5. The highest BCUT2D eigenvalue weighted by atomic mass is 19.4. The van der Waals surface area contributed by atoms with Gasteiger partial charge in [0.1, 0.15) is 59.2 Å². The maximum absolute atomic E-state index is 16.0. The summed E-state index contributed by atoms with van der Waals surface area (Å²) in [7, 11) is 4.49. The van der Waals surface area contributed by atoms with Crippen LogP contribution in [0.1, 0.15) is 153 Å². The Morgan fingerprint density at radius 3 is 1.18 bits per heavy atom. The lowest BCUT2D eigenvalue weighted by Gasteiger charge is -2.36. The van der Waals surface area contributed by atoms with Crippen LogP contribution in [0.15, 0.2) is 78.9 Å². The average Bonchev–Trinajstić information content (AvgIpc) is 0.823. The second-order valence-corrected chi connectivity index (χ2v) is 28.6. The highest BCUT2D eigenvalue weighted by Crippen LogP contribution is 2.32. The fourth-order valence-corrected chi connectivity index (χ4v) is 9.75. The highest BCUT2D eigenvalue weighted by Gasteiger charge is 2.45. The number of amides is 4. The number of ether oxygens (including phenoxy) is 8. The summed E-state index contributed by atoms with van der Waals surface area (Å²) in [6.07, 6.45) is -21.6. The first-order valence-corrected chi connectivity index (χ1v) is 31.5. The van der Waals surface area contributed by atoms with E-state index in [4.69, 9.17) is 28.4 Å². The molecular formula is C69H94F8N4O17. The van der Waals surface area contributed by atoms with Crippen LogP contribution in [0.5, 0.6) is 11.5 Å². The van der Waals surface area contributed by atoms with Gasteiger partial charge in [0.05, 0.1) is 0 Å². The van der Waals surface area contributed by atoms with Gasteiger partial charge < -0.3 is 52.6 Å². The standard InChI is InChI=1S/C69H94F8N4O17/c1-41(92-58(86)48(36-63(3,4)5)79(17)55(83)52(34-29-43-25-30-46(31-26-43)96-68(72,73)74)94-61(89)51(39-67(14,15)71)81(19)62(90)98-65(9,10)11)54(82)78(16)50(38-66(12,13)70)60(88)95-53(35-44-27-32-47(33-28-44)97-69(75,76)77)56(84)80(18)49(37-64(6,7)8)59(87)93-42(2)57(85)91-40-45-23-21-20-22-24-45/h20-28,30-33,41-42,48-53H,29,34-40H2,1-19H3/t41-,42-,48+,49+,50+,51+,52-,53-/m1/s1. The zero-order chi connectivity index (χ0) is 75.0. The minimum absolute atomic E-state index is 0.0675. The third kappa shape index (κ3) is 29.8. The molecule has 0 N–H and O–H groups in total. The molecule has 21 nitrogen and oxygen atoms in total. The van der Waals surface area contributed by atoms with Crippen molar-refractivity contribution in [3.05, 3.63) is 95.6 Å². The highest BCUT2D eigenvalue weighted by molar-refractivity contribution is 5.93. The number of hydrogen-bond acceptors (Lipinski definition) is 17. The van der Waals surface area contributed by atoms with Gasteiger partial charge in [-0.25, -0.2) is 37.5 Å². The van der Waals surface area contributed by atoms with Crippen LogP contribution >= 0.6 is 0 Å². The van der Waals surface area contributed by atoms with Crippen LogP contribution in [0.2, 0.25) is 0 Å². The van der Waals surface area contributed by atoms with E-state index in [2.05, 4.69) is 9.47 Å². The molecule has 0 fully saturated rings. The summed E-state index contributed by atoms with van der Waals surface area (Å²) in [5, 5.41) is 0. The van der Waals surface area contributed by atoms with Gasteiger partial charge in [-0.1, -0.05) is 96.1 Å². The van der Waals surface area contributed by atoms with E-state index in [1.54, 1.807) is 92.6 Å². The normalized spacial score (nSPS) is 14.8. The zero-order valence-electron chi connectivity index (χ0n) is 59.0. The van der Waals surface area contributed by atoms with Gasteiger partial charge in [-0.2, -0.15) is 0 Å². The van der Waals surface area contributed by atoms with E-state index < -0.39 is 180 Å². The smallest absolute Gasteiger partial charge is 0.458 e. The van der Waals surface area contributed by atoms with Crippen molar-refractivity contribution in [2.75, 3.05) is 28.2 Å². The Kier molecular flexibility index (Phi) is 29.5. The molecule has 29 heteroatoms. The third-order valence-electron chi connectivity index (χ3n) is 14.6. The molecule has 0 aliphatic rings. The molecule has 3 rings (SSSR count). The molecule has 0 bridgehead atoms. The van der Waals surface area contributed by atoms with Gasteiger partial charge >= 0.3 is 48.7 Å². The van der Waals surface area contributed by atoms with Crippen molar-refractivity contribution in [3.8, 4) is 11.5 Å². The first kappa shape index (κ1) is 84.0. The summed E-state index contributed by atoms with van der Waals surface area (Å²) >= 11 is 0. The molecule has 0 radical (unpaired) electrons. The summed E-state index contributed by atoms with van der Waals surface area (Å²) in [6, 6.07) is 10.3. The summed E-state index contributed by atoms with van der Waals surface area (Å²) in [6.45, 7) is 21.4. The lowest BCUT2D eigenvalue weighted by Crippen LogP contribution is -2.54. The molecule has 3 aromatic rings. The molecule has 0 heterocycles. The molecule has 0 aromatic heterocycles. The van der Waals surface area contributed by atoms with E-state index in [1.807, 2.05) is 0 Å². The molecule has 0 saturated carbocycles. The molecule has 4 amide bonds. The largest absolute Gasteiger partial charge is 0.573 e. The van der Waals surface area contributed by atoms with Crippen molar-refractivity contribution in [2.24, 2.45) is 10.8 Å². The average molecular weight is 1400 g/mol. The first-order chi connectivity index (χ1) is 44.6. The Hall–Kier alpha value is -8.27. The third-order valence-corrected chi connectivity index (χ3v) is 14.6. The van der Waals surface area contributed by atoms with Gasteiger partial charge in [0, 0.05) is 47.5 Å². The van der Waals surface area contributed by atoms with E-state index in [0.29, 0.717) is 16.0 Å². The predicted octanol–water partition coefficient (Wildman–Crippen LogP) is 12.0. The summed E-state index contributed by atoms with van der Waals surface area (Å²) in [5.74, 6) is -10.6. The molecule has 548 valence electrons. The Bertz CT molecular complexity index is 3170. The maximum Gasteiger partial charge on any atom is 0.573 e. The van der Waals surface area contributed by atoms with Crippen LogP contribution in [0.25, 0.3) is 0 Å². The number of halogens is 8. The van der Waals surface area contributed by atoms with E-state index in [0.717, 1.165) is 107 Å². The number of nitrogens with zero attached hydrogens (tertiary/aromatic N) is 4. The molecule has 0 aliphatic heterocycles. The second-order valence-electron chi connectivity index (χ2n) is 28.6. The monoisotopic (exact) mass is 1400 g/mol. The molecule has 0 spiro atoms. The van der Waals surface area contributed by atoms with E-state index in [9.17, 15) is 69.5 Å². The van der Waals surface area contributed by atoms with Crippen molar-refractivity contribution in [1.29, 1.82) is 0 Å². The number of aryl methyl sites for hydroxylation is 1. The number of carbonyl (C=O) groups is 9. The van der Waals surface area contributed by atoms with Gasteiger partial charge in [-0.05, 0) is 140 Å². The summed E-state index contributed by atoms with van der Waals surface area (Å²) in [4.78, 5) is 132. The van der Waals surface area contributed by atoms with Gasteiger partial charge in [0.15, 0.2) is 24.4 Å². The van der Waals surface area contributed by atoms with Crippen LogP contribution in [-0.4, -0.2) is 180 Å². The minimum Gasteiger partial charge on any atom is -0.458 e. The number of alkyl halides is 8. The summed E-state index contributed by atoms with van der Waals surface area (Å²) < 4.78 is 152. The Labute approximate surface area is 567 Å². The minimum atomic E-state index is -5.09.